The second kappa shape index (κ2) is 6.93. The van der Waals surface area contributed by atoms with E-state index in [0.717, 1.165) is 18.9 Å². The van der Waals surface area contributed by atoms with Crippen molar-refractivity contribution in [3.05, 3.63) is 59.8 Å². The minimum absolute atomic E-state index is 0.410. The van der Waals surface area contributed by atoms with Crippen molar-refractivity contribution in [1.82, 2.24) is 10.3 Å². The van der Waals surface area contributed by atoms with Crippen molar-refractivity contribution >= 4 is 5.82 Å². The topological polar surface area (TPSA) is 28.2 Å². The summed E-state index contributed by atoms with van der Waals surface area (Å²) in [7, 11) is 0. The molecule has 0 unspecified atom stereocenters. The zero-order chi connectivity index (χ0) is 15.4. The standard InChI is InChI=1S/C19H25N3/c1-15-7-3-4-8-18(15)16(2)21-17-10-13-22(14-11-17)19-9-5-6-12-20-19/h3-9,12,16-17,21H,10-11,13-14H2,1-2H3/t16-/m1/s1. The molecule has 0 amide bonds. The van der Waals surface area contributed by atoms with Crippen LogP contribution in [0.15, 0.2) is 48.7 Å². The van der Waals surface area contributed by atoms with Gasteiger partial charge in [-0.1, -0.05) is 30.3 Å². The van der Waals surface area contributed by atoms with Gasteiger partial charge in [0.15, 0.2) is 0 Å². The second-order valence-electron chi connectivity index (χ2n) is 6.19. The van der Waals surface area contributed by atoms with E-state index in [1.807, 2.05) is 12.3 Å². The Balaban J connectivity index is 1.55. The number of aromatic nitrogens is 1. The molecule has 0 radical (unpaired) electrons. The number of aryl methyl sites for hydroxylation is 1. The lowest BCUT2D eigenvalue weighted by Crippen LogP contribution is -2.43. The molecular weight excluding hydrogens is 270 g/mol. The molecule has 1 N–H and O–H groups in total. The lowest BCUT2D eigenvalue weighted by Gasteiger charge is -2.34. The number of piperidine rings is 1. The van der Waals surface area contributed by atoms with E-state index in [4.69, 9.17) is 0 Å². The van der Waals surface area contributed by atoms with Gasteiger partial charge in [-0.3, -0.25) is 0 Å². The molecule has 1 aromatic heterocycles. The predicted octanol–water partition coefficient (Wildman–Crippen LogP) is 3.71. The minimum atomic E-state index is 0.410. The third kappa shape index (κ3) is 3.47. The van der Waals surface area contributed by atoms with E-state index in [9.17, 15) is 0 Å². The van der Waals surface area contributed by atoms with Crippen molar-refractivity contribution < 1.29 is 0 Å². The van der Waals surface area contributed by atoms with Gasteiger partial charge in [-0.2, -0.15) is 0 Å². The van der Waals surface area contributed by atoms with Gasteiger partial charge >= 0.3 is 0 Å². The third-order valence-electron chi connectivity index (χ3n) is 4.61. The minimum Gasteiger partial charge on any atom is -0.357 e. The van der Waals surface area contributed by atoms with Crippen LogP contribution in [-0.2, 0) is 0 Å². The van der Waals surface area contributed by atoms with E-state index in [1.54, 1.807) is 0 Å². The lowest BCUT2D eigenvalue weighted by molar-refractivity contribution is 0.379. The number of rotatable bonds is 4. The lowest BCUT2D eigenvalue weighted by atomic mass is 9.99. The summed E-state index contributed by atoms with van der Waals surface area (Å²) in [6.07, 6.45) is 4.22. The average molecular weight is 295 g/mol. The van der Waals surface area contributed by atoms with Gasteiger partial charge in [0.25, 0.3) is 0 Å². The highest BCUT2D eigenvalue weighted by Crippen LogP contribution is 2.22. The summed E-state index contributed by atoms with van der Waals surface area (Å²) >= 11 is 0. The second-order valence-corrected chi connectivity index (χ2v) is 6.19. The molecule has 0 saturated carbocycles. The van der Waals surface area contributed by atoms with Crippen LogP contribution in [0.3, 0.4) is 0 Å². The Kier molecular flexibility index (Phi) is 4.74. The van der Waals surface area contributed by atoms with Crippen molar-refractivity contribution in [3.8, 4) is 0 Å². The number of hydrogen-bond acceptors (Lipinski definition) is 3. The van der Waals surface area contributed by atoms with Crippen LogP contribution in [0.25, 0.3) is 0 Å². The highest BCUT2D eigenvalue weighted by molar-refractivity contribution is 5.38. The Morgan fingerprint density at radius 3 is 2.50 bits per heavy atom. The van der Waals surface area contributed by atoms with Crippen molar-refractivity contribution in [2.75, 3.05) is 18.0 Å². The van der Waals surface area contributed by atoms with Gasteiger partial charge < -0.3 is 10.2 Å². The first kappa shape index (κ1) is 15.0. The highest BCUT2D eigenvalue weighted by Gasteiger charge is 2.21. The number of nitrogens with zero attached hydrogens (tertiary/aromatic N) is 2. The number of pyridine rings is 1. The van der Waals surface area contributed by atoms with Gasteiger partial charge in [0.2, 0.25) is 0 Å². The molecule has 1 fully saturated rings. The molecule has 2 aromatic rings. The normalized spacial score (nSPS) is 17.5. The number of benzene rings is 1. The molecular formula is C19H25N3. The van der Waals surface area contributed by atoms with E-state index in [-0.39, 0.29) is 0 Å². The number of anilines is 1. The maximum absolute atomic E-state index is 4.45. The molecule has 3 rings (SSSR count). The molecule has 1 aliphatic rings. The fourth-order valence-corrected chi connectivity index (χ4v) is 3.33. The molecule has 3 nitrogen and oxygen atoms in total. The first-order valence-electron chi connectivity index (χ1n) is 8.21. The van der Waals surface area contributed by atoms with E-state index in [0.29, 0.717) is 12.1 Å². The van der Waals surface area contributed by atoms with Crippen LogP contribution in [0, 0.1) is 6.92 Å². The molecule has 22 heavy (non-hydrogen) atoms. The van der Waals surface area contributed by atoms with Crippen LogP contribution >= 0.6 is 0 Å². The summed E-state index contributed by atoms with van der Waals surface area (Å²) in [6.45, 7) is 6.62. The fourth-order valence-electron chi connectivity index (χ4n) is 3.33. The summed E-state index contributed by atoms with van der Waals surface area (Å²) in [5, 5.41) is 3.80. The molecule has 3 heteroatoms. The first-order valence-corrected chi connectivity index (χ1v) is 8.21. The van der Waals surface area contributed by atoms with E-state index in [2.05, 4.69) is 65.4 Å². The Bertz CT molecular complexity index is 589. The quantitative estimate of drug-likeness (QED) is 0.932. The molecule has 1 aromatic carbocycles. The molecule has 0 spiro atoms. The Hall–Kier alpha value is -1.87. The molecule has 0 bridgehead atoms. The maximum atomic E-state index is 4.45. The van der Waals surface area contributed by atoms with Gasteiger partial charge in [0, 0.05) is 31.4 Å². The summed E-state index contributed by atoms with van der Waals surface area (Å²) in [5.41, 5.74) is 2.78. The molecule has 1 saturated heterocycles. The summed E-state index contributed by atoms with van der Waals surface area (Å²) < 4.78 is 0. The summed E-state index contributed by atoms with van der Waals surface area (Å²) in [6, 6.07) is 15.8. The molecule has 1 atom stereocenters. The molecule has 0 aliphatic carbocycles. The molecule has 2 heterocycles. The van der Waals surface area contributed by atoms with Crippen molar-refractivity contribution in [3.63, 3.8) is 0 Å². The smallest absolute Gasteiger partial charge is 0.128 e. The van der Waals surface area contributed by atoms with Gasteiger partial charge in [0.05, 0.1) is 0 Å². The number of nitrogens with one attached hydrogen (secondary N) is 1. The van der Waals surface area contributed by atoms with Crippen LogP contribution in [0.1, 0.15) is 36.9 Å². The van der Waals surface area contributed by atoms with Crippen LogP contribution in [0.5, 0.6) is 0 Å². The Labute approximate surface area is 133 Å². The zero-order valence-corrected chi connectivity index (χ0v) is 13.5. The van der Waals surface area contributed by atoms with Crippen molar-refractivity contribution in [2.45, 2.75) is 38.8 Å². The zero-order valence-electron chi connectivity index (χ0n) is 13.5. The third-order valence-corrected chi connectivity index (χ3v) is 4.61. The van der Waals surface area contributed by atoms with Crippen LogP contribution in [-0.4, -0.2) is 24.1 Å². The first-order chi connectivity index (χ1) is 10.7. The van der Waals surface area contributed by atoms with Gasteiger partial charge in [-0.05, 0) is 49.9 Å². The van der Waals surface area contributed by atoms with E-state index >= 15 is 0 Å². The van der Waals surface area contributed by atoms with Gasteiger partial charge in [-0.25, -0.2) is 4.98 Å². The SMILES string of the molecule is Cc1ccccc1[C@@H](C)NC1CCN(c2ccccn2)CC1. The van der Waals surface area contributed by atoms with Gasteiger partial charge in [-0.15, -0.1) is 0 Å². The molecule has 116 valence electrons. The van der Waals surface area contributed by atoms with E-state index in [1.165, 1.54) is 24.0 Å². The predicted molar refractivity (Wildman–Crippen MR) is 92.2 cm³/mol. The van der Waals surface area contributed by atoms with Crippen LogP contribution < -0.4 is 10.2 Å². The van der Waals surface area contributed by atoms with Crippen LogP contribution in [0.4, 0.5) is 5.82 Å². The average Bonchev–Trinajstić information content (AvgIpc) is 2.57. The largest absolute Gasteiger partial charge is 0.357 e. The Morgan fingerprint density at radius 2 is 1.82 bits per heavy atom. The summed E-state index contributed by atoms with van der Waals surface area (Å²) in [5.74, 6) is 1.10. The fraction of sp³-hybridized carbons (Fsp3) is 0.421. The Morgan fingerprint density at radius 1 is 1.09 bits per heavy atom. The van der Waals surface area contributed by atoms with E-state index < -0.39 is 0 Å². The highest BCUT2D eigenvalue weighted by atomic mass is 15.2. The molecule has 1 aliphatic heterocycles. The van der Waals surface area contributed by atoms with Crippen molar-refractivity contribution in [2.24, 2.45) is 0 Å². The van der Waals surface area contributed by atoms with Crippen molar-refractivity contribution in [1.29, 1.82) is 0 Å². The van der Waals surface area contributed by atoms with Gasteiger partial charge in [0.1, 0.15) is 5.82 Å². The summed E-state index contributed by atoms with van der Waals surface area (Å²) in [4.78, 5) is 6.84. The number of hydrogen-bond donors (Lipinski definition) is 1. The maximum Gasteiger partial charge on any atom is 0.128 e. The monoisotopic (exact) mass is 295 g/mol. The van der Waals surface area contributed by atoms with Crippen LogP contribution in [0.2, 0.25) is 0 Å².